The van der Waals surface area contributed by atoms with E-state index in [2.05, 4.69) is 182 Å². The third-order valence-corrected chi connectivity index (χ3v) is 14.6. The SMILES string of the molecule is C1CCOC1.[CH3-].[Pd+2].c1ccc(P(C[B-](CP(c2ccccc2)c2ccccc2)(c2ccccc2)c2ccccc2)c2ccccc2)cc1. The van der Waals surface area contributed by atoms with Crippen LogP contribution in [-0.2, 0) is 25.2 Å². The molecule has 1 aliphatic heterocycles. The molecule has 1 saturated heterocycles. The van der Waals surface area contributed by atoms with Gasteiger partial charge in [-0.3, -0.25) is 0 Å². The monoisotopic (exact) mass is 756 g/mol. The quantitative estimate of drug-likeness (QED) is 0.0787. The van der Waals surface area contributed by atoms with E-state index in [1.165, 1.54) is 45.0 Å². The van der Waals surface area contributed by atoms with Crippen LogP contribution in [0.1, 0.15) is 12.8 Å². The zero-order valence-corrected chi connectivity index (χ0v) is 31.1. The number of hydrogen-bond donors (Lipinski definition) is 0. The maximum absolute atomic E-state index is 4.94. The van der Waals surface area contributed by atoms with Crippen molar-refractivity contribution < 1.29 is 25.2 Å². The van der Waals surface area contributed by atoms with Gasteiger partial charge in [-0.2, -0.15) is 0 Å². The van der Waals surface area contributed by atoms with Crippen LogP contribution in [0.5, 0.6) is 0 Å². The summed E-state index contributed by atoms with van der Waals surface area (Å²) < 4.78 is 4.94. The van der Waals surface area contributed by atoms with Gasteiger partial charge in [0.1, 0.15) is 0 Å². The van der Waals surface area contributed by atoms with Crippen LogP contribution in [0.25, 0.3) is 0 Å². The summed E-state index contributed by atoms with van der Waals surface area (Å²) in [6.45, 7) is 2.00. The zero-order valence-electron chi connectivity index (χ0n) is 27.8. The molecule has 0 bridgehead atoms. The van der Waals surface area contributed by atoms with Crippen molar-refractivity contribution in [3.8, 4) is 0 Å². The molecule has 0 aromatic heterocycles. The summed E-state index contributed by atoms with van der Waals surface area (Å²) in [6.07, 6.45) is 1.39. The van der Waals surface area contributed by atoms with Gasteiger partial charge in [-0.1, -0.05) is 198 Å². The van der Waals surface area contributed by atoms with E-state index in [1.807, 2.05) is 0 Å². The molecule has 48 heavy (non-hydrogen) atoms. The Hall–Kier alpha value is -3.13. The van der Waals surface area contributed by atoms with Crippen molar-refractivity contribution in [2.45, 2.75) is 12.8 Å². The number of benzene rings is 6. The Bertz CT molecular complexity index is 1490. The van der Waals surface area contributed by atoms with E-state index in [1.54, 1.807) is 0 Å². The second-order valence-electron chi connectivity index (χ2n) is 12.0. The summed E-state index contributed by atoms with van der Waals surface area (Å²) >= 11 is 0. The van der Waals surface area contributed by atoms with E-state index in [0.717, 1.165) is 25.3 Å². The smallest absolute Gasteiger partial charge is 0.381 e. The average Bonchev–Trinajstić information content (AvgIpc) is 3.75. The van der Waals surface area contributed by atoms with E-state index < -0.39 is 22.0 Å². The molecule has 6 aromatic rings. The topological polar surface area (TPSA) is 9.23 Å². The fraction of sp³-hybridized carbons (Fsp3) is 0.140. The van der Waals surface area contributed by atoms with Gasteiger partial charge in [-0.25, -0.2) is 10.9 Å². The molecule has 1 nitrogen and oxygen atoms in total. The molecule has 0 unspecified atom stereocenters. The Morgan fingerprint density at radius 1 is 0.396 bits per heavy atom. The van der Waals surface area contributed by atoms with Crippen LogP contribution in [-0.4, -0.2) is 31.5 Å². The molecule has 0 N–H and O–H groups in total. The third kappa shape index (κ3) is 9.73. The van der Waals surface area contributed by atoms with Gasteiger partial charge in [0.15, 0.2) is 0 Å². The normalized spacial score (nSPS) is 12.4. The van der Waals surface area contributed by atoms with Crippen LogP contribution in [0.3, 0.4) is 0 Å². The van der Waals surface area contributed by atoms with E-state index in [9.17, 15) is 0 Å². The molecular formula is C43H45BOP2Pd. The molecule has 0 radical (unpaired) electrons. The summed E-state index contributed by atoms with van der Waals surface area (Å²) in [5.74, 6) is 0. The molecule has 7 rings (SSSR count). The van der Waals surface area contributed by atoms with E-state index in [4.69, 9.17) is 4.74 Å². The Morgan fingerprint density at radius 2 is 0.646 bits per heavy atom. The first-order valence-corrected chi connectivity index (χ1v) is 19.5. The van der Waals surface area contributed by atoms with Crippen LogP contribution >= 0.6 is 15.8 Å². The maximum Gasteiger partial charge on any atom is 2.00 e. The van der Waals surface area contributed by atoms with E-state index in [0.29, 0.717) is 0 Å². The fourth-order valence-electron chi connectivity index (χ4n) is 6.60. The van der Waals surface area contributed by atoms with Crippen LogP contribution in [0, 0.1) is 7.43 Å². The minimum absolute atomic E-state index is 0. The van der Waals surface area contributed by atoms with Crippen molar-refractivity contribution in [1.29, 1.82) is 0 Å². The summed E-state index contributed by atoms with van der Waals surface area (Å²) in [6, 6.07) is 69.9. The van der Waals surface area contributed by atoms with Gasteiger partial charge in [0.2, 0.25) is 0 Å². The van der Waals surface area contributed by atoms with Gasteiger partial charge < -0.3 is 12.2 Å². The standard InChI is InChI=1S/C38H34BP2.C4H8O.CH3.Pd/c1-7-19-33(20-8-1)39(34-21-9-2-10-22-34,31-40(35-23-11-3-12-24-35)36-25-13-4-14-26-36)32-41(37-27-15-5-16-28-37)38-29-17-6-18-30-38;1-2-4-5-3-1;;/h1-30H,31-32H2;1-4H2;1H3;/q-1;;-1;+2. The molecule has 0 atom stereocenters. The summed E-state index contributed by atoms with van der Waals surface area (Å²) in [4.78, 5) is 0. The first-order chi connectivity index (χ1) is 22.8. The van der Waals surface area contributed by atoms with Crippen LogP contribution in [0.4, 0.5) is 0 Å². The number of rotatable bonds is 10. The minimum atomic E-state index is -1.16. The Morgan fingerprint density at radius 3 is 0.875 bits per heavy atom. The predicted octanol–water partition coefficient (Wildman–Crippen LogP) is 7.84. The van der Waals surface area contributed by atoms with Gasteiger partial charge in [0, 0.05) is 13.2 Å². The van der Waals surface area contributed by atoms with Gasteiger partial charge >= 0.3 is 20.4 Å². The van der Waals surface area contributed by atoms with E-state index >= 15 is 0 Å². The molecule has 0 spiro atoms. The summed E-state index contributed by atoms with van der Waals surface area (Å²) in [5, 5.41) is 5.76. The Kier molecular flexibility index (Phi) is 15.5. The third-order valence-electron chi connectivity index (χ3n) is 8.96. The first-order valence-electron chi connectivity index (χ1n) is 16.5. The van der Waals surface area contributed by atoms with Crippen molar-refractivity contribution in [2.24, 2.45) is 0 Å². The molecule has 5 heteroatoms. The van der Waals surface area contributed by atoms with E-state index in [-0.39, 0.29) is 27.8 Å². The van der Waals surface area contributed by atoms with Crippen molar-refractivity contribution in [3.63, 3.8) is 0 Å². The molecule has 6 aromatic carbocycles. The van der Waals surface area contributed by atoms with Crippen molar-refractivity contribution in [1.82, 2.24) is 0 Å². The summed E-state index contributed by atoms with van der Waals surface area (Å²) in [7, 11) is -1.23. The molecule has 1 heterocycles. The molecule has 246 valence electrons. The van der Waals surface area contributed by atoms with Gasteiger partial charge in [-0.05, 0) is 34.1 Å². The molecule has 0 saturated carbocycles. The molecule has 0 amide bonds. The molecule has 0 aliphatic carbocycles. The van der Waals surface area contributed by atoms with Crippen molar-refractivity contribution in [2.75, 3.05) is 25.3 Å². The Balaban J connectivity index is 0.000000682. The fourth-order valence-corrected chi connectivity index (χ4v) is 12.7. The van der Waals surface area contributed by atoms with Crippen molar-refractivity contribution in [3.05, 3.63) is 189 Å². The first kappa shape index (κ1) is 37.7. The minimum Gasteiger partial charge on any atom is -0.381 e. The molecular weight excluding hydrogens is 712 g/mol. The average molecular weight is 757 g/mol. The second kappa shape index (κ2) is 19.8. The van der Waals surface area contributed by atoms with Gasteiger partial charge in [0.25, 0.3) is 0 Å². The van der Waals surface area contributed by atoms with Crippen LogP contribution in [0.15, 0.2) is 182 Å². The number of ether oxygens (including phenoxy) is 1. The van der Waals surface area contributed by atoms with Crippen LogP contribution < -0.4 is 32.1 Å². The van der Waals surface area contributed by atoms with Crippen molar-refractivity contribution >= 4 is 54.1 Å². The number of hydrogen-bond acceptors (Lipinski definition) is 1. The predicted molar refractivity (Wildman–Crippen MR) is 212 cm³/mol. The zero-order chi connectivity index (χ0) is 31.3. The van der Waals surface area contributed by atoms with Gasteiger partial charge in [-0.15, -0.1) is 12.1 Å². The van der Waals surface area contributed by atoms with Gasteiger partial charge in [0.05, 0.1) is 6.15 Å². The summed E-state index contributed by atoms with van der Waals surface area (Å²) in [5.41, 5.74) is 2.91. The Labute approximate surface area is 305 Å². The van der Waals surface area contributed by atoms with Crippen LogP contribution in [0.2, 0.25) is 0 Å². The molecule has 1 fully saturated rings. The maximum atomic E-state index is 4.94. The second-order valence-corrected chi connectivity index (χ2v) is 16.5. The molecule has 1 aliphatic rings. The largest absolute Gasteiger partial charge is 2.00 e.